The summed E-state index contributed by atoms with van der Waals surface area (Å²) in [7, 11) is 0. The molecule has 20 heavy (non-hydrogen) atoms. The Hall–Kier alpha value is -2.35. The fourth-order valence-electron chi connectivity index (χ4n) is 2.71. The minimum Gasteiger partial charge on any atom is -0.305 e. The number of rotatable bonds is 2. The SMILES string of the molecule is C[C@@H]1Cc2ccccc2N1C(=O)/C=C/c1ccccc1. The lowest BCUT2D eigenvalue weighted by Crippen LogP contribution is -2.34. The number of nitrogens with zero attached hydrogens (tertiary/aromatic N) is 1. The van der Waals surface area contributed by atoms with Crippen LogP contribution in [0.4, 0.5) is 5.69 Å². The van der Waals surface area contributed by atoms with Crippen molar-refractivity contribution in [1.29, 1.82) is 0 Å². The van der Waals surface area contributed by atoms with Gasteiger partial charge in [0.05, 0.1) is 0 Å². The van der Waals surface area contributed by atoms with Gasteiger partial charge >= 0.3 is 0 Å². The van der Waals surface area contributed by atoms with E-state index in [1.165, 1.54) is 5.56 Å². The van der Waals surface area contributed by atoms with E-state index in [0.29, 0.717) is 0 Å². The molecule has 100 valence electrons. The predicted octanol–water partition coefficient (Wildman–Crippen LogP) is 3.68. The third kappa shape index (κ3) is 2.37. The molecule has 1 aliphatic rings. The van der Waals surface area contributed by atoms with Gasteiger partial charge in [-0.25, -0.2) is 0 Å². The molecule has 2 aromatic rings. The Balaban J connectivity index is 1.83. The van der Waals surface area contributed by atoms with Gasteiger partial charge in [-0.15, -0.1) is 0 Å². The van der Waals surface area contributed by atoms with Crippen LogP contribution in [0, 0.1) is 0 Å². The Kier molecular flexibility index (Phi) is 3.38. The Labute approximate surface area is 119 Å². The van der Waals surface area contributed by atoms with Crippen molar-refractivity contribution in [1.82, 2.24) is 0 Å². The van der Waals surface area contributed by atoms with E-state index in [4.69, 9.17) is 0 Å². The number of carbonyl (C=O) groups is 1. The fourth-order valence-corrected chi connectivity index (χ4v) is 2.71. The zero-order valence-corrected chi connectivity index (χ0v) is 11.5. The van der Waals surface area contributed by atoms with E-state index in [2.05, 4.69) is 13.0 Å². The first kappa shape index (κ1) is 12.7. The second kappa shape index (κ2) is 5.33. The van der Waals surface area contributed by atoms with Crippen LogP contribution in [0.3, 0.4) is 0 Å². The van der Waals surface area contributed by atoms with Gasteiger partial charge in [-0.3, -0.25) is 4.79 Å². The summed E-state index contributed by atoms with van der Waals surface area (Å²) in [6, 6.07) is 18.2. The van der Waals surface area contributed by atoms with Crippen molar-refractivity contribution in [3.63, 3.8) is 0 Å². The fraction of sp³-hybridized carbons (Fsp3) is 0.167. The number of benzene rings is 2. The van der Waals surface area contributed by atoms with Crippen LogP contribution in [0.1, 0.15) is 18.1 Å². The first-order valence-corrected chi connectivity index (χ1v) is 6.90. The highest BCUT2D eigenvalue weighted by Gasteiger charge is 2.28. The van der Waals surface area contributed by atoms with Crippen molar-refractivity contribution in [2.24, 2.45) is 0 Å². The van der Waals surface area contributed by atoms with Crippen molar-refractivity contribution in [2.45, 2.75) is 19.4 Å². The molecule has 3 rings (SSSR count). The monoisotopic (exact) mass is 263 g/mol. The van der Waals surface area contributed by atoms with Gasteiger partial charge < -0.3 is 4.90 Å². The molecule has 0 unspecified atom stereocenters. The molecule has 0 aromatic heterocycles. The van der Waals surface area contributed by atoms with Crippen LogP contribution in [0.15, 0.2) is 60.7 Å². The Morgan fingerprint density at radius 3 is 2.60 bits per heavy atom. The maximum Gasteiger partial charge on any atom is 0.251 e. The molecule has 2 nitrogen and oxygen atoms in total. The molecule has 0 N–H and O–H groups in total. The average molecular weight is 263 g/mol. The van der Waals surface area contributed by atoms with Crippen LogP contribution >= 0.6 is 0 Å². The highest BCUT2D eigenvalue weighted by atomic mass is 16.2. The number of hydrogen-bond donors (Lipinski definition) is 0. The molecule has 1 atom stereocenters. The molecule has 1 amide bonds. The molecule has 0 saturated carbocycles. The number of fused-ring (bicyclic) bond motifs is 1. The molecule has 0 spiro atoms. The van der Waals surface area contributed by atoms with E-state index in [0.717, 1.165) is 17.7 Å². The number of para-hydroxylation sites is 1. The van der Waals surface area contributed by atoms with E-state index >= 15 is 0 Å². The summed E-state index contributed by atoms with van der Waals surface area (Å²) in [6.07, 6.45) is 4.46. The highest BCUT2D eigenvalue weighted by Crippen LogP contribution is 2.31. The molecule has 0 radical (unpaired) electrons. The zero-order valence-electron chi connectivity index (χ0n) is 11.5. The second-order valence-electron chi connectivity index (χ2n) is 5.13. The molecular weight excluding hydrogens is 246 g/mol. The number of carbonyl (C=O) groups excluding carboxylic acids is 1. The second-order valence-corrected chi connectivity index (χ2v) is 5.13. The van der Waals surface area contributed by atoms with Gasteiger partial charge in [-0.2, -0.15) is 0 Å². The van der Waals surface area contributed by atoms with Crippen LogP contribution in [0.2, 0.25) is 0 Å². The smallest absolute Gasteiger partial charge is 0.251 e. The third-order valence-corrected chi connectivity index (χ3v) is 3.66. The summed E-state index contributed by atoms with van der Waals surface area (Å²) in [5, 5.41) is 0. The van der Waals surface area contributed by atoms with Crippen molar-refractivity contribution >= 4 is 17.7 Å². The molecule has 0 bridgehead atoms. The average Bonchev–Trinajstić information content (AvgIpc) is 2.82. The minimum absolute atomic E-state index is 0.0475. The molecular formula is C18H17NO. The van der Waals surface area contributed by atoms with E-state index in [-0.39, 0.29) is 11.9 Å². The predicted molar refractivity (Wildman–Crippen MR) is 82.6 cm³/mol. The molecule has 2 heteroatoms. The molecule has 0 aliphatic carbocycles. The van der Waals surface area contributed by atoms with Crippen LogP contribution in [-0.4, -0.2) is 11.9 Å². The van der Waals surface area contributed by atoms with Gasteiger partial charge in [0.1, 0.15) is 0 Å². The number of anilines is 1. The molecule has 1 heterocycles. The Morgan fingerprint density at radius 1 is 1.10 bits per heavy atom. The van der Waals surface area contributed by atoms with E-state index < -0.39 is 0 Å². The first-order chi connectivity index (χ1) is 9.75. The maximum absolute atomic E-state index is 12.4. The molecule has 2 aromatic carbocycles. The summed E-state index contributed by atoms with van der Waals surface area (Å²) < 4.78 is 0. The van der Waals surface area contributed by atoms with Crippen LogP contribution in [0.5, 0.6) is 0 Å². The van der Waals surface area contributed by atoms with Gasteiger partial charge in [0.15, 0.2) is 0 Å². The topological polar surface area (TPSA) is 20.3 Å². The number of hydrogen-bond acceptors (Lipinski definition) is 1. The van der Waals surface area contributed by atoms with Gasteiger partial charge in [-0.1, -0.05) is 48.5 Å². The summed E-state index contributed by atoms with van der Waals surface area (Å²) >= 11 is 0. The van der Waals surface area contributed by atoms with Crippen LogP contribution < -0.4 is 4.90 Å². The van der Waals surface area contributed by atoms with Gasteiger partial charge in [-0.05, 0) is 36.6 Å². The standard InChI is InChI=1S/C18H17NO/c1-14-13-16-9-5-6-10-17(16)19(14)18(20)12-11-15-7-3-2-4-8-15/h2-12,14H,13H2,1H3/b12-11+/t14-/m1/s1. The summed E-state index contributed by atoms with van der Waals surface area (Å²) in [5.41, 5.74) is 3.34. The lowest BCUT2D eigenvalue weighted by Gasteiger charge is -2.20. The van der Waals surface area contributed by atoms with Crippen molar-refractivity contribution in [2.75, 3.05) is 4.90 Å². The molecule has 0 saturated heterocycles. The quantitative estimate of drug-likeness (QED) is 0.757. The zero-order chi connectivity index (χ0) is 13.9. The first-order valence-electron chi connectivity index (χ1n) is 6.90. The summed E-state index contributed by atoms with van der Waals surface area (Å²) in [6.45, 7) is 2.09. The van der Waals surface area contributed by atoms with Gasteiger partial charge in [0, 0.05) is 17.8 Å². The van der Waals surface area contributed by atoms with E-state index in [1.807, 2.05) is 59.5 Å². The van der Waals surface area contributed by atoms with Crippen LogP contribution in [-0.2, 0) is 11.2 Å². The largest absolute Gasteiger partial charge is 0.305 e. The third-order valence-electron chi connectivity index (χ3n) is 3.66. The Morgan fingerprint density at radius 2 is 1.80 bits per heavy atom. The van der Waals surface area contributed by atoms with Gasteiger partial charge in [0.25, 0.3) is 5.91 Å². The lowest BCUT2D eigenvalue weighted by atomic mass is 10.1. The number of amides is 1. The van der Waals surface area contributed by atoms with E-state index in [9.17, 15) is 4.79 Å². The highest BCUT2D eigenvalue weighted by molar-refractivity contribution is 6.05. The van der Waals surface area contributed by atoms with Crippen molar-refractivity contribution in [3.8, 4) is 0 Å². The molecule has 1 aliphatic heterocycles. The summed E-state index contributed by atoms with van der Waals surface area (Å²) in [5.74, 6) is 0.0475. The Bertz CT molecular complexity index is 645. The van der Waals surface area contributed by atoms with Gasteiger partial charge in [0.2, 0.25) is 0 Å². The molecule has 0 fully saturated rings. The minimum atomic E-state index is 0.0475. The maximum atomic E-state index is 12.4. The lowest BCUT2D eigenvalue weighted by molar-refractivity contribution is -0.114. The summed E-state index contributed by atoms with van der Waals surface area (Å²) in [4.78, 5) is 14.3. The van der Waals surface area contributed by atoms with Crippen molar-refractivity contribution in [3.05, 3.63) is 71.8 Å². The van der Waals surface area contributed by atoms with E-state index in [1.54, 1.807) is 6.08 Å². The normalized spacial score (nSPS) is 17.4. The van der Waals surface area contributed by atoms with Crippen LogP contribution in [0.25, 0.3) is 6.08 Å². The van der Waals surface area contributed by atoms with Crippen molar-refractivity contribution < 1.29 is 4.79 Å².